The van der Waals surface area contributed by atoms with Gasteiger partial charge in [-0.2, -0.15) is 0 Å². The molecule has 3 nitrogen and oxygen atoms in total. The van der Waals surface area contributed by atoms with Crippen molar-refractivity contribution in [1.29, 1.82) is 0 Å². The summed E-state index contributed by atoms with van der Waals surface area (Å²) in [5.41, 5.74) is 4.80. The summed E-state index contributed by atoms with van der Waals surface area (Å²) >= 11 is 0. The van der Waals surface area contributed by atoms with Gasteiger partial charge in [-0.1, -0.05) is 31.2 Å². The first kappa shape index (κ1) is 16.2. The number of hydrogen-bond donors (Lipinski definition) is 0. The van der Waals surface area contributed by atoms with E-state index in [1.165, 1.54) is 11.1 Å². The van der Waals surface area contributed by atoms with Crippen LogP contribution in [-0.4, -0.2) is 30.5 Å². The Morgan fingerprint density at radius 3 is 2.80 bits per heavy atom. The van der Waals surface area contributed by atoms with Crippen LogP contribution in [0.5, 0.6) is 5.75 Å². The average molecular weight is 335 g/mol. The van der Waals surface area contributed by atoms with Gasteiger partial charge in [-0.3, -0.25) is 4.79 Å². The van der Waals surface area contributed by atoms with Crippen LogP contribution in [0.1, 0.15) is 46.8 Å². The average Bonchev–Trinajstić information content (AvgIpc) is 2.61. The van der Waals surface area contributed by atoms with E-state index in [1.807, 2.05) is 37.3 Å². The molecule has 1 heterocycles. The molecule has 1 saturated heterocycles. The Bertz CT molecular complexity index is 829. The molecule has 1 aliphatic heterocycles. The first-order valence-corrected chi connectivity index (χ1v) is 9.06. The monoisotopic (exact) mass is 335 g/mol. The van der Waals surface area contributed by atoms with E-state index in [-0.39, 0.29) is 17.4 Å². The third kappa shape index (κ3) is 2.62. The van der Waals surface area contributed by atoms with Gasteiger partial charge in [-0.25, -0.2) is 0 Å². The second-order valence-corrected chi connectivity index (χ2v) is 7.71. The standard InChI is InChI=1S/C22H25NO2/c1-15-6-4-5-7-19(15)21(24)23-11-10-22(2)14-17(23)12-16-8-9-18(25-3)13-20(16)22/h4-9,13,17H,10-12,14H2,1-3H3/t17?,22-/m1/s1. The molecule has 2 bridgehead atoms. The van der Waals surface area contributed by atoms with Gasteiger partial charge in [-0.05, 0) is 66.5 Å². The lowest BCUT2D eigenvalue weighted by molar-refractivity contribution is 0.0488. The van der Waals surface area contributed by atoms with Gasteiger partial charge in [0.25, 0.3) is 5.91 Å². The van der Waals surface area contributed by atoms with Crippen LogP contribution >= 0.6 is 0 Å². The van der Waals surface area contributed by atoms with Crippen LogP contribution < -0.4 is 4.74 Å². The molecule has 2 atom stereocenters. The SMILES string of the molecule is COc1ccc2c(c1)[C@]1(C)CCN(C(=O)c3ccccc3C)C(C2)C1. The molecule has 2 aromatic carbocycles. The van der Waals surface area contributed by atoms with Crippen molar-refractivity contribution in [3.05, 3.63) is 64.7 Å². The van der Waals surface area contributed by atoms with Crippen molar-refractivity contribution in [3.8, 4) is 5.75 Å². The lowest BCUT2D eigenvalue weighted by atomic mass is 9.65. The Morgan fingerprint density at radius 1 is 1.24 bits per heavy atom. The maximum absolute atomic E-state index is 13.1. The van der Waals surface area contributed by atoms with E-state index in [1.54, 1.807) is 7.11 Å². The summed E-state index contributed by atoms with van der Waals surface area (Å²) in [5.74, 6) is 1.11. The number of likely N-dealkylation sites (tertiary alicyclic amines) is 1. The maximum atomic E-state index is 13.1. The molecule has 25 heavy (non-hydrogen) atoms. The summed E-state index contributed by atoms with van der Waals surface area (Å²) in [5, 5.41) is 0. The number of methoxy groups -OCH3 is 1. The van der Waals surface area contributed by atoms with E-state index in [2.05, 4.69) is 24.0 Å². The van der Waals surface area contributed by atoms with E-state index >= 15 is 0 Å². The fraction of sp³-hybridized carbons (Fsp3) is 0.409. The van der Waals surface area contributed by atoms with Crippen molar-refractivity contribution < 1.29 is 9.53 Å². The summed E-state index contributed by atoms with van der Waals surface area (Å²) in [6, 6.07) is 14.6. The maximum Gasteiger partial charge on any atom is 0.254 e. The third-order valence-electron chi connectivity index (χ3n) is 6.09. The molecule has 0 saturated carbocycles. The van der Waals surface area contributed by atoms with Crippen LogP contribution in [0.3, 0.4) is 0 Å². The number of piperidine rings is 1. The van der Waals surface area contributed by atoms with E-state index in [0.717, 1.165) is 42.7 Å². The molecule has 0 N–H and O–H groups in total. The number of nitrogens with zero attached hydrogens (tertiary/aromatic N) is 1. The number of aryl methyl sites for hydroxylation is 1. The summed E-state index contributed by atoms with van der Waals surface area (Å²) in [7, 11) is 1.72. The highest BCUT2D eigenvalue weighted by molar-refractivity contribution is 5.96. The first-order valence-electron chi connectivity index (χ1n) is 9.06. The molecule has 1 fully saturated rings. The molecule has 0 aromatic heterocycles. The van der Waals surface area contributed by atoms with Gasteiger partial charge < -0.3 is 9.64 Å². The number of carbonyl (C=O) groups excluding carboxylic acids is 1. The molecule has 4 rings (SSSR count). The zero-order chi connectivity index (χ0) is 17.6. The highest BCUT2D eigenvalue weighted by Crippen LogP contribution is 2.46. The second kappa shape index (κ2) is 5.91. The molecule has 0 spiro atoms. The van der Waals surface area contributed by atoms with Gasteiger partial charge in [-0.15, -0.1) is 0 Å². The van der Waals surface area contributed by atoms with Crippen LogP contribution in [0, 0.1) is 6.92 Å². The lowest BCUT2D eigenvalue weighted by Gasteiger charge is -2.50. The normalized spacial score (nSPS) is 24.6. The molecule has 1 aliphatic carbocycles. The summed E-state index contributed by atoms with van der Waals surface area (Å²) in [6.45, 7) is 5.18. The van der Waals surface area contributed by atoms with E-state index in [0.29, 0.717) is 0 Å². The van der Waals surface area contributed by atoms with E-state index in [4.69, 9.17) is 4.74 Å². The molecule has 2 aliphatic rings. The molecular weight excluding hydrogens is 310 g/mol. The molecule has 3 heteroatoms. The molecule has 1 unspecified atom stereocenters. The third-order valence-corrected chi connectivity index (χ3v) is 6.09. The minimum absolute atomic E-state index is 0.134. The van der Waals surface area contributed by atoms with Crippen molar-refractivity contribution in [2.75, 3.05) is 13.7 Å². The van der Waals surface area contributed by atoms with Gasteiger partial charge in [0, 0.05) is 18.2 Å². The van der Waals surface area contributed by atoms with Crippen molar-refractivity contribution in [3.63, 3.8) is 0 Å². The zero-order valence-corrected chi connectivity index (χ0v) is 15.2. The van der Waals surface area contributed by atoms with Crippen LogP contribution in [-0.2, 0) is 11.8 Å². The first-order chi connectivity index (χ1) is 12.0. The van der Waals surface area contributed by atoms with E-state index < -0.39 is 0 Å². The summed E-state index contributed by atoms with van der Waals surface area (Å²) in [4.78, 5) is 15.3. The van der Waals surface area contributed by atoms with Gasteiger partial charge in [0.05, 0.1) is 7.11 Å². The van der Waals surface area contributed by atoms with Gasteiger partial charge in [0.1, 0.15) is 5.75 Å². The van der Waals surface area contributed by atoms with Gasteiger partial charge >= 0.3 is 0 Å². The van der Waals surface area contributed by atoms with Crippen LogP contribution in [0.15, 0.2) is 42.5 Å². The highest BCUT2D eigenvalue weighted by Gasteiger charge is 2.44. The summed E-state index contributed by atoms with van der Waals surface area (Å²) in [6.07, 6.45) is 2.97. The van der Waals surface area contributed by atoms with Crippen molar-refractivity contribution in [1.82, 2.24) is 4.90 Å². The van der Waals surface area contributed by atoms with Crippen LogP contribution in [0.4, 0.5) is 0 Å². The number of carbonyl (C=O) groups is 1. The largest absolute Gasteiger partial charge is 0.497 e. The Balaban J connectivity index is 1.67. The number of amides is 1. The van der Waals surface area contributed by atoms with Crippen molar-refractivity contribution in [2.24, 2.45) is 0 Å². The fourth-order valence-electron chi connectivity index (χ4n) is 4.62. The zero-order valence-electron chi connectivity index (χ0n) is 15.2. The van der Waals surface area contributed by atoms with E-state index in [9.17, 15) is 4.79 Å². The predicted molar refractivity (Wildman–Crippen MR) is 99.3 cm³/mol. The van der Waals surface area contributed by atoms with Gasteiger partial charge in [0.15, 0.2) is 0 Å². The Kier molecular flexibility index (Phi) is 3.82. The Hall–Kier alpha value is -2.29. The van der Waals surface area contributed by atoms with Crippen LogP contribution in [0.25, 0.3) is 0 Å². The lowest BCUT2D eigenvalue weighted by Crippen LogP contribution is -2.54. The highest BCUT2D eigenvalue weighted by atomic mass is 16.5. The molecular formula is C22H25NO2. The minimum Gasteiger partial charge on any atom is -0.497 e. The smallest absolute Gasteiger partial charge is 0.254 e. The van der Waals surface area contributed by atoms with Gasteiger partial charge in [0.2, 0.25) is 0 Å². The second-order valence-electron chi connectivity index (χ2n) is 7.71. The molecule has 0 radical (unpaired) electrons. The topological polar surface area (TPSA) is 29.5 Å². The number of benzene rings is 2. The number of fused-ring (bicyclic) bond motifs is 4. The fourth-order valence-corrected chi connectivity index (χ4v) is 4.62. The molecule has 1 amide bonds. The quantitative estimate of drug-likeness (QED) is 0.826. The van der Waals surface area contributed by atoms with Crippen molar-refractivity contribution in [2.45, 2.75) is 44.6 Å². The van der Waals surface area contributed by atoms with Crippen molar-refractivity contribution >= 4 is 5.91 Å². The molecule has 2 aromatic rings. The number of hydrogen-bond acceptors (Lipinski definition) is 2. The summed E-state index contributed by atoms with van der Waals surface area (Å²) < 4.78 is 5.43. The number of ether oxygens (including phenoxy) is 1. The Morgan fingerprint density at radius 2 is 2.04 bits per heavy atom. The van der Waals surface area contributed by atoms with Crippen LogP contribution in [0.2, 0.25) is 0 Å². The molecule has 130 valence electrons. The number of rotatable bonds is 2. The predicted octanol–water partition coefficient (Wildman–Crippen LogP) is 4.12. The minimum atomic E-state index is 0.134. The Labute approximate surface area is 149 Å².